The van der Waals surface area contributed by atoms with E-state index in [0.717, 1.165) is 18.4 Å². The van der Waals surface area contributed by atoms with Gasteiger partial charge in [0.2, 0.25) is 0 Å². The molecular formula is C10H18O2. The molecule has 0 saturated heterocycles. The quantitative estimate of drug-likeness (QED) is 0.585. The van der Waals surface area contributed by atoms with E-state index in [1.54, 1.807) is 13.8 Å². The second-order valence-corrected chi connectivity index (χ2v) is 4.30. The van der Waals surface area contributed by atoms with Gasteiger partial charge >= 0.3 is 0 Å². The van der Waals surface area contributed by atoms with Gasteiger partial charge in [0.1, 0.15) is 0 Å². The molecule has 0 aromatic carbocycles. The Morgan fingerprint density at radius 2 is 2.08 bits per heavy atom. The Hall–Kier alpha value is -0.340. The van der Waals surface area contributed by atoms with Gasteiger partial charge in [0, 0.05) is 0 Å². The molecule has 0 radical (unpaired) electrons. The van der Waals surface area contributed by atoms with Crippen LogP contribution in [0.4, 0.5) is 0 Å². The zero-order chi connectivity index (χ0) is 9.35. The van der Waals surface area contributed by atoms with Crippen molar-refractivity contribution in [2.45, 2.75) is 44.8 Å². The number of aliphatic hydroxyl groups excluding tert-OH is 1. The molecule has 1 aliphatic carbocycles. The summed E-state index contributed by atoms with van der Waals surface area (Å²) in [4.78, 5) is 0. The van der Waals surface area contributed by atoms with Crippen molar-refractivity contribution in [3.05, 3.63) is 12.2 Å². The predicted molar refractivity (Wildman–Crippen MR) is 48.8 cm³/mol. The average molecular weight is 170 g/mol. The lowest BCUT2D eigenvalue weighted by Crippen LogP contribution is -2.36. The van der Waals surface area contributed by atoms with Crippen LogP contribution >= 0.6 is 0 Å². The average Bonchev–Trinajstić information content (AvgIpc) is 1.92. The van der Waals surface area contributed by atoms with Crippen molar-refractivity contribution in [1.82, 2.24) is 0 Å². The molecule has 0 aliphatic heterocycles. The first kappa shape index (κ1) is 9.75. The highest BCUT2D eigenvalue weighted by Gasteiger charge is 2.32. The van der Waals surface area contributed by atoms with E-state index in [-0.39, 0.29) is 5.92 Å². The smallest absolute Gasteiger partial charge is 0.0751 e. The Morgan fingerprint density at radius 3 is 2.50 bits per heavy atom. The van der Waals surface area contributed by atoms with E-state index in [0.29, 0.717) is 6.42 Å². The monoisotopic (exact) mass is 170 g/mol. The van der Waals surface area contributed by atoms with Crippen LogP contribution in [0.5, 0.6) is 0 Å². The van der Waals surface area contributed by atoms with Gasteiger partial charge in [-0.2, -0.15) is 0 Å². The molecule has 2 nitrogen and oxygen atoms in total. The molecule has 1 aliphatic rings. The third-order valence-electron chi connectivity index (χ3n) is 2.79. The Labute approximate surface area is 73.9 Å². The lowest BCUT2D eigenvalue weighted by molar-refractivity contribution is -0.0154. The number of rotatable bonds is 1. The van der Waals surface area contributed by atoms with Gasteiger partial charge in [-0.05, 0) is 44.6 Å². The minimum Gasteiger partial charge on any atom is -0.390 e. The predicted octanol–water partition coefficient (Wildman–Crippen LogP) is 1.47. The van der Waals surface area contributed by atoms with Gasteiger partial charge in [-0.15, -0.1) is 0 Å². The fourth-order valence-electron chi connectivity index (χ4n) is 1.72. The van der Waals surface area contributed by atoms with Gasteiger partial charge in [0.25, 0.3) is 0 Å². The van der Waals surface area contributed by atoms with Crippen molar-refractivity contribution in [3.8, 4) is 0 Å². The third-order valence-corrected chi connectivity index (χ3v) is 2.79. The zero-order valence-electron chi connectivity index (χ0n) is 7.88. The molecule has 0 heterocycles. The van der Waals surface area contributed by atoms with Crippen LogP contribution in [0, 0.1) is 5.92 Å². The molecule has 1 saturated carbocycles. The summed E-state index contributed by atoms with van der Waals surface area (Å²) >= 11 is 0. The molecule has 0 unspecified atom stereocenters. The van der Waals surface area contributed by atoms with Crippen LogP contribution in [0.15, 0.2) is 12.2 Å². The number of hydrogen-bond acceptors (Lipinski definition) is 2. The van der Waals surface area contributed by atoms with Crippen LogP contribution < -0.4 is 0 Å². The van der Waals surface area contributed by atoms with Crippen molar-refractivity contribution < 1.29 is 10.2 Å². The number of hydrogen-bond donors (Lipinski definition) is 2. The summed E-state index contributed by atoms with van der Waals surface area (Å²) in [6, 6.07) is 0. The summed E-state index contributed by atoms with van der Waals surface area (Å²) in [5, 5.41) is 19.2. The highest BCUT2D eigenvalue weighted by Crippen LogP contribution is 2.34. The van der Waals surface area contributed by atoms with Crippen LogP contribution in [0.25, 0.3) is 0 Å². The van der Waals surface area contributed by atoms with Crippen molar-refractivity contribution in [2.75, 3.05) is 0 Å². The molecule has 0 spiro atoms. The fraction of sp³-hybridized carbons (Fsp3) is 0.800. The van der Waals surface area contributed by atoms with E-state index in [2.05, 4.69) is 6.58 Å². The van der Waals surface area contributed by atoms with Gasteiger partial charge < -0.3 is 10.2 Å². The summed E-state index contributed by atoms with van der Waals surface area (Å²) in [5.41, 5.74) is 0.248. The Kier molecular flexibility index (Phi) is 2.59. The van der Waals surface area contributed by atoms with Crippen LogP contribution in [0.2, 0.25) is 0 Å². The Morgan fingerprint density at radius 1 is 1.50 bits per heavy atom. The van der Waals surface area contributed by atoms with E-state index in [4.69, 9.17) is 0 Å². The first-order chi connectivity index (χ1) is 5.41. The minimum atomic E-state index is -0.665. The molecule has 0 aromatic heterocycles. The molecule has 2 atom stereocenters. The third kappa shape index (κ3) is 2.08. The topological polar surface area (TPSA) is 40.5 Å². The van der Waals surface area contributed by atoms with E-state index >= 15 is 0 Å². The summed E-state index contributed by atoms with van der Waals surface area (Å²) < 4.78 is 0. The summed E-state index contributed by atoms with van der Waals surface area (Å²) in [6.07, 6.45) is 2.03. The maximum atomic E-state index is 9.71. The lowest BCUT2D eigenvalue weighted by Gasteiger charge is -2.35. The Balaban J connectivity index is 2.57. The molecule has 0 amide bonds. The summed E-state index contributed by atoms with van der Waals surface area (Å²) in [6.45, 7) is 7.39. The number of aliphatic hydroxyl groups is 2. The van der Waals surface area contributed by atoms with Gasteiger partial charge in [-0.3, -0.25) is 0 Å². The standard InChI is InChI=1S/C10H18O2/c1-7-4-5-8(6-9(7)11)10(2,3)12/h8-9,11-12H,1,4-6H2,2-3H3/t8-,9+/m0/s1. The molecular weight excluding hydrogens is 152 g/mol. The highest BCUT2D eigenvalue weighted by molar-refractivity contribution is 5.07. The van der Waals surface area contributed by atoms with Gasteiger partial charge in [0.05, 0.1) is 11.7 Å². The van der Waals surface area contributed by atoms with E-state index in [1.165, 1.54) is 0 Å². The molecule has 1 fully saturated rings. The van der Waals surface area contributed by atoms with Crippen molar-refractivity contribution in [3.63, 3.8) is 0 Å². The highest BCUT2D eigenvalue weighted by atomic mass is 16.3. The van der Waals surface area contributed by atoms with E-state index < -0.39 is 11.7 Å². The SMILES string of the molecule is C=C1CC[C@H](C(C)(C)O)C[C@H]1O. The van der Waals surface area contributed by atoms with Crippen molar-refractivity contribution in [1.29, 1.82) is 0 Å². The minimum absolute atomic E-state index is 0.206. The first-order valence-electron chi connectivity index (χ1n) is 4.49. The van der Waals surface area contributed by atoms with E-state index in [9.17, 15) is 10.2 Å². The normalized spacial score (nSPS) is 32.2. The molecule has 70 valence electrons. The molecule has 1 rings (SSSR count). The second-order valence-electron chi connectivity index (χ2n) is 4.30. The summed E-state index contributed by atoms with van der Waals surface area (Å²) in [5.74, 6) is 0.206. The van der Waals surface area contributed by atoms with E-state index in [1.807, 2.05) is 0 Å². The van der Waals surface area contributed by atoms with Crippen molar-refractivity contribution in [2.24, 2.45) is 5.92 Å². The fourth-order valence-corrected chi connectivity index (χ4v) is 1.72. The van der Waals surface area contributed by atoms with Crippen LogP contribution in [0.1, 0.15) is 33.1 Å². The lowest BCUT2D eigenvalue weighted by atomic mass is 9.76. The van der Waals surface area contributed by atoms with Crippen LogP contribution in [-0.4, -0.2) is 21.9 Å². The second kappa shape index (κ2) is 3.19. The van der Waals surface area contributed by atoms with Gasteiger partial charge in [-0.1, -0.05) is 6.58 Å². The summed E-state index contributed by atoms with van der Waals surface area (Å²) in [7, 11) is 0. The molecule has 2 heteroatoms. The first-order valence-corrected chi connectivity index (χ1v) is 4.49. The van der Waals surface area contributed by atoms with Crippen LogP contribution in [0.3, 0.4) is 0 Å². The maximum absolute atomic E-state index is 9.71. The Bertz CT molecular complexity index is 179. The van der Waals surface area contributed by atoms with Gasteiger partial charge in [-0.25, -0.2) is 0 Å². The van der Waals surface area contributed by atoms with Crippen LogP contribution in [-0.2, 0) is 0 Å². The molecule has 0 bridgehead atoms. The van der Waals surface area contributed by atoms with Gasteiger partial charge in [0.15, 0.2) is 0 Å². The maximum Gasteiger partial charge on any atom is 0.0751 e. The zero-order valence-corrected chi connectivity index (χ0v) is 7.88. The largest absolute Gasteiger partial charge is 0.390 e. The molecule has 12 heavy (non-hydrogen) atoms. The molecule has 2 N–H and O–H groups in total. The molecule has 0 aromatic rings. The van der Waals surface area contributed by atoms with Crippen molar-refractivity contribution >= 4 is 0 Å².